The summed E-state index contributed by atoms with van der Waals surface area (Å²) in [4.78, 5) is 28.8. The molecule has 0 aliphatic heterocycles. The van der Waals surface area contributed by atoms with Crippen molar-refractivity contribution in [2.75, 3.05) is 11.9 Å². The van der Waals surface area contributed by atoms with Crippen LogP contribution < -0.4 is 10.1 Å². The Labute approximate surface area is 173 Å². The zero-order valence-corrected chi connectivity index (χ0v) is 16.5. The number of hydrogen-bond donors (Lipinski definition) is 1. The van der Waals surface area contributed by atoms with Crippen molar-refractivity contribution in [2.24, 2.45) is 0 Å². The molecule has 4 aromatic rings. The van der Waals surface area contributed by atoms with Crippen LogP contribution in [0.1, 0.15) is 17.3 Å². The average Bonchev–Trinajstić information content (AvgIpc) is 3.31. The predicted octanol–water partition coefficient (Wildman–Crippen LogP) is 4.76. The molecule has 4 rings (SSSR count). The maximum absolute atomic E-state index is 13.3. The molecule has 2 heterocycles. The summed E-state index contributed by atoms with van der Waals surface area (Å²) in [5, 5.41) is 15.9. The Bertz CT molecular complexity index is 1250. The number of carbonyl (C=O) groups excluding carboxylic acids is 1. The zero-order chi connectivity index (χ0) is 21.3. The van der Waals surface area contributed by atoms with E-state index in [1.807, 2.05) is 5.38 Å². The van der Waals surface area contributed by atoms with Crippen LogP contribution in [-0.2, 0) is 0 Å². The highest BCUT2D eigenvalue weighted by molar-refractivity contribution is 7.15. The lowest BCUT2D eigenvalue weighted by Crippen LogP contribution is -2.14. The lowest BCUT2D eigenvalue weighted by Gasteiger charge is -2.09. The van der Waals surface area contributed by atoms with E-state index in [2.05, 4.69) is 10.3 Å². The Morgan fingerprint density at radius 3 is 2.77 bits per heavy atom. The maximum atomic E-state index is 13.3. The molecule has 0 aliphatic rings. The summed E-state index contributed by atoms with van der Waals surface area (Å²) in [7, 11) is 0. The molecule has 0 spiro atoms. The smallest absolute Gasteiger partial charge is 0.311 e. The van der Waals surface area contributed by atoms with Crippen LogP contribution >= 0.6 is 11.3 Å². The van der Waals surface area contributed by atoms with E-state index in [1.54, 1.807) is 29.7 Å². The highest BCUT2D eigenvalue weighted by Crippen LogP contribution is 2.32. The van der Waals surface area contributed by atoms with Crippen LogP contribution in [0.15, 0.2) is 54.0 Å². The molecule has 2 aromatic heterocycles. The number of benzene rings is 2. The first-order chi connectivity index (χ1) is 14.5. The minimum absolute atomic E-state index is 0.0932. The van der Waals surface area contributed by atoms with E-state index in [4.69, 9.17) is 4.74 Å². The largest absolute Gasteiger partial charge is 0.487 e. The predicted molar refractivity (Wildman–Crippen MR) is 111 cm³/mol. The number of thiazole rings is 1. The Morgan fingerprint density at radius 2 is 2.07 bits per heavy atom. The number of amides is 1. The van der Waals surface area contributed by atoms with Gasteiger partial charge in [-0.3, -0.25) is 19.3 Å². The van der Waals surface area contributed by atoms with Gasteiger partial charge in [0.25, 0.3) is 5.91 Å². The topological polar surface area (TPSA) is 98.8 Å². The number of nitro groups is 1. The van der Waals surface area contributed by atoms with Crippen LogP contribution in [0.2, 0.25) is 0 Å². The zero-order valence-electron chi connectivity index (χ0n) is 15.7. The van der Waals surface area contributed by atoms with Crippen LogP contribution in [0.4, 0.5) is 15.9 Å². The summed E-state index contributed by atoms with van der Waals surface area (Å²) in [6.45, 7) is 1.98. The van der Waals surface area contributed by atoms with E-state index >= 15 is 0 Å². The summed E-state index contributed by atoms with van der Waals surface area (Å²) in [6.07, 6.45) is 1.75. The minimum atomic E-state index is -0.596. The van der Waals surface area contributed by atoms with Crippen LogP contribution in [0.25, 0.3) is 16.2 Å². The van der Waals surface area contributed by atoms with Crippen molar-refractivity contribution in [3.05, 3.63) is 75.5 Å². The number of imidazole rings is 1. The molecule has 0 saturated carbocycles. The molecule has 0 saturated heterocycles. The van der Waals surface area contributed by atoms with Crippen molar-refractivity contribution in [1.29, 1.82) is 0 Å². The quantitative estimate of drug-likeness (QED) is 0.354. The van der Waals surface area contributed by atoms with Gasteiger partial charge in [-0.15, -0.1) is 11.3 Å². The summed E-state index contributed by atoms with van der Waals surface area (Å²) in [6, 6.07) is 9.78. The molecule has 2 aromatic carbocycles. The number of nitrogens with one attached hydrogen (secondary N) is 1. The monoisotopic (exact) mass is 426 g/mol. The van der Waals surface area contributed by atoms with Gasteiger partial charge in [0.15, 0.2) is 10.7 Å². The molecule has 1 amide bonds. The Hall–Kier alpha value is -3.79. The number of fused-ring (bicyclic) bond motifs is 1. The molecule has 10 heteroatoms. The van der Waals surface area contributed by atoms with Gasteiger partial charge in [0.1, 0.15) is 17.3 Å². The van der Waals surface area contributed by atoms with Gasteiger partial charge < -0.3 is 10.1 Å². The fourth-order valence-electron chi connectivity index (χ4n) is 2.97. The van der Waals surface area contributed by atoms with E-state index in [9.17, 15) is 19.3 Å². The Balaban J connectivity index is 1.72. The van der Waals surface area contributed by atoms with E-state index in [-0.39, 0.29) is 29.4 Å². The number of aromatic nitrogens is 2. The molecule has 152 valence electrons. The second-order valence-corrected chi connectivity index (χ2v) is 7.07. The van der Waals surface area contributed by atoms with E-state index in [0.717, 1.165) is 0 Å². The SMILES string of the molecule is CCOc1ccc(C(=O)Nc2c(-c3ccc(F)cc3)nc3sccn23)cc1[N+](=O)[O-]. The van der Waals surface area contributed by atoms with Crippen molar-refractivity contribution in [2.45, 2.75) is 6.92 Å². The summed E-state index contributed by atoms with van der Waals surface area (Å²) < 4.78 is 20.3. The highest BCUT2D eigenvalue weighted by Gasteiger charge is 2.22. The van der Waals surface area contributed by atoms with Crippen molar-refractivity contribution in [1.82, 2.24) is 9.38 Å². The molecule has 0 atom stereocenters. The number of anilines is 1. The van der Waals surface area contributed by atoms with Gasteiger partial charge in [0, 0.05) is 28.8 Å². The van der Waals surface area contributed by atoms with Crippen LogP contribution in [0.5, 0.6) is 5.75 Å². The summed E-state index contributed by atoms with van der Waals surface area (Å²) >= 11 is 1.38. The van der Waals surface area contributed by atoms with Gasteiger partial charge in [0.05, 0.1) is 11.5 Å². The first-order valence-corrected chi connectivity index (χ1v) is 9.80. The third-order valence-corrected chi connectivity index (χ3v) is 5.09. The highest BCUT2D eigenvalue weighted by atomic mass is 32.1. The third-order valence-electron chi connectivity index (χ3n) is 4.33. The van der Waals surface area contributed by atoms with Crippen molar-refractivity contribution >= 4 is 33.7 Å². The molecule has 8 nitrogen and oxygen atoms in total. The molecular formula is C20H15FN4O4S. The van der Waals surface area contributed by atoms with Gasteiger partial charge >= 0.3 is 5.69 Å². The number of rotatable bonds is 6. The molecule has 0 unspecified atom stereocenters. The van der Waals surface area contributed by atoms with Gasteiger partial charge in [0.2, 0.25) is 0 Å². The number of hydrogen-bond acceptors (Lipinski definition) is 6. The van der Waals surface area contributed by atoms with Crippen LogP contribution in [-0.4, -0.2) is 26.8 Å². The van der Waals surface area contributed by atoms with Gasteiger partial charge in [-0.2, -0.15) is 0 Å². The number of carbonyl (C=O) groups is 1. The lowest BCUT2D eigenvalue weighted by atomic mass is 10.1. The fourth-order valence-corrected chi connectivity index (χ4v) is 3.69. The second-order valence-electron chi connectivity index (χ2n) is 6.20. The summed E-state index contributed by atoms with van der Waals surface area (Å²) in [5.41, 5.74) is 0.897. The maximum Gasteiger partial charge on any atom is 0.311 e. The Morgan fingerprint density at radius 1 is 1.30 bits per heavy atom. The number of halogens is 1. The fraction of sp³-hybridized carbons (Fsp3) is 0.100. The van der Waals surface area contributed by atoms with Crippen molar-refractivity contribution in [3.8, 4) is 17.0 Å². The average molecular weight is 426 g/mol. The number of ether oxygens (including phenoxy) is 1. The number of nitro benzene ring substituents is 1. The lowest BCUT2D eigenvalue weighted by molar-refractivity contribution is -0.385. The molecule has 1 N–H and O–H groups in total. The molecule has 30 heavy (non-hydrogen) atoms. The van der Waals surface area contributed by atoms with E-state index in [1.165, 1.54) is 41.7 Å². The molecule has 0 fully saturated rings. The van der Waals surface area contributed by atoms with Gasteiger partial charge in [-0.05, 0) is 43.3 Å². The minimum Gasteiger partial charge on any atom is -0.487 e. The van der Waals surface area contributed by atoms with Crippen molar-refractivity contribution in [3.63, 3.8) is 0 Å². The first-order valence-electron chi connectivity index (χ1n) is 8.92. The number of nitrogens with zero attached hydrogens (tertiary/aromatic N) is 3. The normalized spacial score (nSPS) is 10.9. The van der Waals surface area contributed by atoms with E-state index < -0.39 is 10.8 Å². The van der Waals surface area contributed by atoms with Crippen LogP contribution in [0.3, 0.4) is 0 Å². The summed E-state index contributed by atoms with van der Waals surface area (Å²) in [5.74, 6) is -0.445. The molecule has 0 radical (unpaired) electrons. The third kappa shape index (κ3) is 3.60. The van der Waals surface area contributed by atoms with E-state index in [0.29, 0.717) is 22.0 Å². The Kier molecular flexibility index (Phi) is 5.15. The molecule has 0 aliphatic carbocycles. The van der Waals surface area contributed by atoms with Crippen molar-refractivity contribution < 1.29 is 18.8 Å². The second kappa shape index (κ2) is 7.91. The first kappa shape index (κ1) is 19.5. The van der Waals surface area contributed by atoms with Crippen LogP contribution in [0, 0.1) is 15.9 Å². The molecular weight excluding hydrogens is 411 g/mol. The van der Waals surface area contributed by atoms with Gasteiger partial charge in [-0.25, -0.2) is 9.37 Å². The standard InChI is InChI=1S/C20H15FN4O4S/c1-2-29-16-8-5-13(11-15(16)25(27)28)19(26)23-18-17(12-3-6-14(21)7-4-12)22-20-24(18)9-10-30-20/h3-11H,2H2,1H3,(H,23,26). The molecule has 0 bridgehead atoms. The van der Waals surface area contributed by atoms with Gasteiger partial charge in [-0.1, -0.05) is 0 Å².